The number of carbonyl (C=O) groups is 1. The largest absolute Gasteiger partial charge is 0.497 e. The lowest BCUT2D eigenvalue weighted by Gasteiger charge is -2.38. The van der Waals surface area contributed by atoms with E-state index in [1.807, 2.05) is 24.3 Å². The fraction of sp³-hybridized carbons (Fsp3) is 0.304. The van der Waals surface area contributed by atoms with E-state index in [0.717, 1.165) is 5.56 Å². The second-order valence-electron chi connectivity index (χ2n) is 7.26. The van der Waals surface area contributed by atoms with Gasteiger partial charge in [0.2, 0.25) is 5.91 Å². The van der Waals surface area contributed by atoms with E-state index in [4.69, 9.17) is 14.2 Å². The number of amides is 1. The number of nitrogens with zero attached hydrogens (tertiary/aromatic N) is 2. The molecule has 160 valence electrons. The first kappa shape index (κ1) is 21.1. The van der Waals surface area contributed by atoms with Gasteiger partial charge >= 0.3 is 0 Å². The average Bonchev–Trinajstić information content (AvgIpc) is 3.17. The second-order valence-corrected chi connectivity index (χ2v) is 8.23. The third-order valence-corrected chi connectivity index (χ3v) is 6.90. The highest BCUT2D eigenvalue weighted by Gasteiger charge is 2.52. The van der Waals surface area contributed by atoms with Gasteiger partial charge in [-0.05, 0) is 29.8 Å². The number of nitriles is 1. The molecule has 0 saturated carbocycles. The van der Waals surface area contributed by atoms with Gasteiger partial charge in [0.15, 0.2) is 17.2 Å². The molecule has 0 aromatic heterocycles. The predicted molar refractivity (Wildman–Crippen MR) is 116 cm³/mol. The van der Waals surface area contributed by atoms with Gasteiger partial charge < -0.3 is 19.3 Å². The van der Waals surface area contributed by atoms with Gasteiger partial charge in [-0.3, -0.25) is 9.69 Å². The van der Waals surface area contributed by atoms with Gasteiger partial charge in [0, 0.05) is 17.9 Å². The van der Waals surface area contributed by atoms with Crippen molar-refractivity contribution >= 4 is 17.7 Å². The molecule has 31 heavy (non-hydrogen) atoms. The molecule has 2 aromatic carbocycles. The van der Waals surface area contributed by atoms with Crippen molar-refractivity contribution in [1.82, 2.24) is 4.90 Å². The van der Waals surface area contributed by atoms with Gasteiger partial charge in [-0.1, -0.05) is 18.2 Å². The van der Waals surface area contributed by atoms with E-state index in [2.05, 4.69) is 6.07 Å². The number of thioether (sulfide) groups is 1. The van der Waals surface area contributed by atoms with Crippen LogP contribution in [-0.2, 0) is 10.5 Å². The molecular formula is C23H22N2O5S. The zero-order chi connectivity index (χ0) is 22.2. The third kappa shape index (κ3) is 3.40. The van der Waals surface area contributed by atoms with Crippen molar-refractivity contribution < 1.29 is 24.1 Å². The van der Waals surface area contributed by atoms with Crippen molar-refractivity contribution in [3.63, 3.8) is 0 Å². The highest BCUT2D eigenvalue weighted by Crippen LogP contribution is 2.52. The van der Waals surface area contributed by atoms with Crippen LogP contribution >= 0.6 is 11.8 Å². The maximum Gasteiger partial charge on any atom is 0.231 e. The summed E-state index contributed by atoms with van der Waals surface area (Å²) in [7, 11) is 4.63. The summed E-state index contributed by atoms with van der Waals surface area (Å²) in [5.41, 5.74) is 0.260. The maximum atomic E-state index is 13.2. The first-order valence-corrected chi connectivity index (χ1v) is 10.6. The topological polar surface area (TPSA) is 92.0 Å². The number of ether oxygens (including phenoxy) is 3. The van der Waals surface area contributed by atoms with E-state index in [1.54, 1.807) is 25.3 Å². The van der Waals surface area contributed by atoms with Crippen LogP contribution in [0, 0.1) is 11.3 Å². The maximum absolute atomic E-state index is 13.2. The molecule has 8 heteroatoms. The minimum Gasteiger partial charge on any atom is -0.497 e. The molecule has 0 spiro atoms. The molecule has 0 aliphatic carbocycles. The van der Waals surface area contributed by atoms with Crippen LogP contribution in [-0.4, -0.2) is 43.0 Å². The molecular weight excluding hydrogens is 416 g/mol. The number of fused-ring (bicyclic) bond motifs is 1. The third-order valence-electron chi connectivity index (χ3n) is 5.67. The summed E-state index contributed by atoms with van der Waals surface area (Å²) in [5.74, 6) is 1.29. The number of aliphatic hydroxyl groups is 1. The Morgan fingerprint density at radius 3 is 2.42 bits per heavy atom. The highest BCUT2D eigenvalue weighted by atomic mass is 32.2. The molecule has 2 aromatic rings. The smallest absolute Gasteiger partial charge is 0.231 e. The minimum absolute atomic E-state index is 0.0921. The number of hydrogen-bond acceptors (Lipinski definition) is 7. The zero-order valence-electron chi connectivity index (χ0n) is 17.4. The van der Waals surface area contributed by atoms with Crippen molar-refractivity contribution in [3.8, 4) is 23.3 Å². The molecule has 2 aliphatic heterocycles. The van der Waals surface area contributed by atoms with Crippen LogP contribution in [0.15, 0.2) is 53.1 Å². The van der Waals surface area contributed by atoms with E-state index < -0.39 is 5.72 Å². The quantitative estimate of drug-likeness (QED) is 0.765. The Bertz CT molecular complexity index is 1090. The fourth-order valence-electron chi connectivity index (χ4n) is 4.05. The SMILES string of the molecule is COc1ccc([C@H]2CC(=O)N3C(=C2C#N)SC[C@]3(O)c2ccc(OC)c(OC)c2)cc1. The van der Waals surface area contributed by atoms with E-state index in [9.17, 15) is 15.2 Å². The van der Waals surface area contributed by atoms with Crippen LogP contribution in [0.5, 0.6) is 17.2 Å². The molecule has 4 rings (SSSR count). The van der Waals surface area contributed by atoms with Crippen LogP contribution in [0.3, 0.4) is 0 Å². The first-order chi connectivity index (χ1) is 15.0. The standard InChI is InChI=1S/C23H22N2O5S/c1-28-16-7-4-14(5-8-16)17-11-21(26)25-22(18(17)12-24)31-13-23(25,27)15-6-9-19(29-2)20(10-15)30-3/h4-10,17,27H,11,13H2,1-3H3/t17-,23+/m1/s1. The fourth-order valence-corrected chi connectivity index (χ4v) is 5.40. The molecule has 1 fully saturated rings. The monoisotopic (exact) mass is 438 g/mol. The number of methoxy groups -OCH3 is 3. The van der Waals surface area contributed by atoms with Gasteiger partial charge in [0.05, 0.1) is 43.8 Å². The summed E-state index contributed by atoms with van der Waals surface area (Å²) >= 11 is 1.31. The van der Waals surface area contributed by atoms with Gasteiger partial charge in [-0.2, -0.15) is 5.26 Å². The lowest BCUT2D eigenvalue weighted by Crippen LogP contribution is -2.48. The van der Waals surface area contributed by atoms with Gasteiger partial charge in [0.25, 0.3) is 0 Å². The Balaban J connectivity index is 1.77. The Morgan fingerprint density at radius 1 is 1.10 bits per heavy atom. The Kier molecular flexibility index (Phi) is 5.56. The molecule has 7 nitrogen and oxygen atoms in total. The lowest BCUT2D eigenvalue weighted by molar-refractivity contribution is -0.149. The van der Waals surface area contributed by atoms with Crippen molar-refractivity contribution in [2.75, 3.05) is 27.1 Å². The minimum atomic E-state index is -1.58. The van der Waals surface area contributed by atoms with Crippen LogP contribution in [0.4, 0.5) is 0 Å². The van der Waals surface area contributed by atoms with Crippen molar-refractivity contribution in [2.45, 2.75) is 18.1 Å². The van der Waals surface area contributed by atoms with E-state index in [0.29, 0.717) is 33.4 Å². The summed E-state index contributed by atoms with van der Waals surface area (Å²) in [6.45, 7) is 0. The summed E-state index contributed by atoms with van der Waals surface area (Å²) in [6.07, 6.45) is 0.0921. The molecule has 1 N–H and O–H groups in total. The van der Waals surface area contributed by atoms with E-state index in [-0.39, 0.29) is 24.0 Å². The number of rotatable bonds is 5. The van der Waals surface area contributed by atoms with Crippen LogP contribution < -0.4 is 14.2 Å². The molecule has 1 amide bonds. The molecule has 2 aliphatic rings. The van der Waals surface area contributed by atoms with Crippen molar-refractivity contribution in [3.05, 3.63) is 64.2 Å². The molecule has 0 bridgehead atoms. The Morgan fingerprint density at radius 2 is 1.81 bits per heavy atom. The molecule has 2 heterocycles. The summed E-state index contributed by atoms with van der Waals surface area (Å²) in [6, 6.07) is 14.7. The summed E-state index contributed by atoms with van der Waals surface area (Å²) in [5, 5.41) is 22.0. The summed E-state index contributed by atoms with van der Waals surface area (Å²) < 4.78 is 15.8. The number of carbonyl (C=O) groups excluding carboxylic acids is 1. The van der Waals surface area contributed by atoms with Gasteiger partial charge in [-0.25, -0.2) is 0 Å². The molecule has 0 radical (unpaired) electrons. The average molecular weight is 439 g/mol. The highest BCUT2D eigenvalue weighted by molar-refractivity contribution is 8.03. The van der Waals surface area contributed by atoms with E-state index in [1.165, 1.54) is 30.9 Å². The second kappa shape index (κ2) is 8.17. The summed E-state index contributed by atoms with van der Waals surface area (Å²) in [4.78, 5) is 14.6. The van der Waals surface area contributed by atoms with Gasteiger partial charge in [0.1, 0.15) is 5.75 Å². The molecule has 0 unspecified atom stereocenters. The number of benzene rings is 2. The zero-order valence-corrected chi connectivity index (χ0v) is 18.2. The van der Waals surface area contributed by atoms with Crippen LogP contribution in [0.2, 0.25) is 0 Å². The number of allylic oxidation sites excluding steroid dienone is 1. The van der Waals surface area contributed by atoms with Crippen LogP contribution in [0.25, 0.3) is 0 Å². The predicted octanol–water partition coefficient (Wildman–Crippen LogP) is 3.36. The normalized spacial score (nSPS) is 22.7. The van der Waals surface area contributed by atoms with E-state index >= 15 is 0 Å². The molecule has 1 saturated heterocycles. The number of hydrogen-bond donors (Lipinski definition) is 1. The molecule has 2 atom stereocenters. The Hall–Kier alpha value is -3.15. The first-order valence-electron chi connectivity index (χ1n) is 9.65. The van der Waals surface area contributed by atoms with Crippen molar-refractivity contribution in [1.29, 1.82) is 5.26 Å². The van der Waals surface area contributed by atoms with Gasteiger partial charge in [-0.15, -0.1) is 11.8 Å². The Labute approximate surface area is 184 Å². The lowest BCUT2D eigenvalue weighted by atomic mass is 9.85. The van der Waals surface area contributed by atoms with Crippen molar-refractivity contribution in [2.24, 2.45) is 0 Å². The van der Waals surface area contributed by atoms with Crippen LogP contribution in [0.1, 0.15) is 23.5 Å².